The molecule has 0 N–H and O–H groups in total. The van der Waals surface area contributed by atoms with Crippen molar-refractivity contribution in [3.05, 3.63) is 164 Å². The molecule has 0 atom stereocenters. The van der Waals surface area contributed by atoms with E-state index in [2.05, 4.69) is 115 Å². The molecule has 0 aliphatic heterocycles. The predicted molar refractivity (Wildman–Crippen MR) is 207 cm³/mol. The van der Waals surface area contributed by atoms with Crippen molar-refractivity contribution in [2.75, 3.05) is 0 Å². The van der Waals surface area contributed by atoms with Crippen LogP contribution in [0.3, 0.4) is 0 Å². The van der Waals surface area contributed by atoms with Gasteiger partial charge in [0.1, 0.15) is 11.2 Å². The van der Waals surface area contributed by atoms with Crippen molar-refractivity contribution < 1.29 is 4.42 Å². The Balaban J connectivity index is 1.19. The van der Waals surface area contributed by atoms with Crippen LogP contribution in [-0.4, -0.2) is 15.0 Å². The summed E-state index contributed by atoms with van der Waals surface area (Å²) in [4.78, 5) is 15.2. The van der Waals surface area contributed by atoms with E-state index >= 15 is 0 Å². The van der Waals surface area contributed by atoms with E-state index in [0.29, 0.717) is 17.5 Å². The molecule has 0 unspecified atom stereocenters. The molecule has 10 aromatic rings. The SMILES string of the molecule is c1ccc(-c2cccc(-c3nc(-c4ccccc4)nc(-c4ccc(-c5ccc6c(c5)sc5ccccc56)c5c4oc4ccccc45)n3)c2)cc1. The zero-order valence-corrected chi connectivity index (χ0v) is 27.6. The van der Waals surface area contributed by atoms with Gasteiger partial charge < -0.3 is 4.42 Å². The Morgan fingerprint density at radius 3 is 1.84 bits per heavy atom. The summed E-state index contributed by atoms with van der Waals surface area (Å²) in [6.45, 7) is 0. The molecule has 0 bridgehead atoms. The zero-order valence-electron chi connectivity index (χ0n) is 26.7. The summed E-state index contributed by atoms with van der Waals surface area (Å²) >= 11 is 1.83. The van der Waals surface area contributed by atoms with Gasteiger partial charge in [-0.1, -0.05) is 133 Å². The van der Waals surface area contributed by atoms with Gasteiger partial charge in [-0.3, -0.25) is 0 Å². The zero-order chi connectivity index (χ0) is 33.0. The molecular weight excluding hydrogens is 631 g/mol. The van der Waals surface area contributed by atoms with Crippen LogP contribution in [0.25, 0.3) is 98.5 Å². The van der Waals surface area contributed by atoms with E-state index in [1.807, 2.05) is 59.9 Å². The second kappa shape index (κ2) is 11.6. The lowest BCUT2D eigenvalue weighted by Gasteiger charge is -2.11. The molecular formula is C45H27N3OS. The van der Waals surface area contributed by atoms with Crippen LogP contribution in [0, 0.1) is 0 Å². The van der Waals surface area contributed by atoms with Crippen LogP contribution < -0.4 is 0 Å². The van der Waals surface area contributed by atoms with Gasteiger partial charge in [0, 0.05) is 42.1 Å². The molecule has 0 saturated carbocycles. The normalized spacial score (nSPS) is 11.6. The van der Waals surface area contributed by atoms with Crippen molar-refractivity contribution in [2.45, 2.75) is 0 Å². The fraction of sp³-hybridized carbons (Fsp3) is 0. The Bertz CT molecular complexity index is 2870. The quantitative estimate of drug-likeness (QED) is 0.185. The monoisotopic (exact) mass is 657 g/mol. The fourth-order valence-corrected chi connectivity index (χ4v) is 8.09. The summed E-state index contributed by atoms with van der Waals surface area (Å²) in [6.07, 6.45) is 0. The third kappa shape index (κ3) is 4.79. The summed E-state index contributed by atoms with van der Waals surface area (Å²) < 4.78 is 9.27. The molecule has 0 spiro atoms. The predicted octanol–water partition coefficient (Wildman–Crippen LogP) is 12.5. The van der Waals surface area contributed by atoms with Crippen molar-refractivity contribution in [1.82, 2.24) is 15.0 Å². The molecule has 3 aromatic heterocycles. The Hall–Kier alpha value is -6.43. The topological polar surface area (TPSA) is 51.8 Å². The van der Waals surface area contributed by atoms with Crippen LogP contribution in [-0.2, 0) is 0 Å². The summed E-state index contributed by atoms with van der Waals surface area (Å²) in [7, 11) is 0. The van der Waals surface area contributed by atoms with Gasteiger partial charge in [0.2, 0.25) is 0 Å². The highest BCUT2D eigenvalue weighted by molar-refractivity contribution is 7.25. The lowest BCUT2D eigenvalue weighted by molar-refractivity contribution is 0.669. The second-order valence-corrected chi connectivity index (χ2v) is 13.5. The molecule has 7 aromatic carbocycles. The molecule has 0 aliphatic rings. The number of benzene rings is 7. The largest absolute Gasteiger partial charge is 0.455 e. The Kier molecular flexibility index (Phi) is 6.64. The third-order valence-corrected chi connectivity index (χ3v) is 10.5. The lowest BCUT2D eigenvalue weighted by Crippen LogP contribution is -2.00. The van der Waals surface area contributed by atoms with Crippen LogP contribution in [0.15, 0.2) is 168 Å². The van der Waals surface area contributed by atoms with E-state index in [0.717, 1.165) is 60.9 Å². The smallest absolute Gasteiger partial charge is 0.167 e. The molecule has 4 nitrogen and oxygen atoms in total. The number of rotatable bonds is 5. The number of hydrogen-bond donors (Lipinski definition) is 0. The van der Waals surface area contributed by atoms with Gasteiger partial charge in [-0.2, -0.15) is 0 Å². The number of nitrogens with zero attached hydrogens (tertiary/aromatic N) is 3. The van der Waals surface area contributed by atoms with Crippen LogP contribution >= 0.6 is 11.3 Å². The van der Waals surface area contributed by atoms with E-state index in [-0.39, 0.29) is 0 Å². The molecule has 5 heteroatoms. The molecule has 0 aliphatic carbocycles. The maximum Gasteiger partial charge on any atom is 0.167 e. The highest BCUT2D eigenvalue weighted by Gasteiger charge is 2.21. The Morgan fingerprint density at radius 1 is 0.380 bits per heavy atom. The van der Waals surface area contributed by atoms with Crippen LogP contribution in [0.5, 0.6) is 0 Å². The van der Waals surface area contributed by atoms with Gasteiger partial charge in [-0.05, 0) is 52.6 Å². The number of fused-ring (bicyclic) bond motifs is 6. The molecule has 50 heavy (non-hydrogen) atoms. The van der Waals surface area contributed by atoms with Gasteiger partial charge in [0.05, 0.1) is 5.56 Å². The molecule has 0 amide bonds. The first-order valence-corrected chi connectivity index (χ1v) is 17.4. The maximum absolute atomic E-state index is 6.71. The molecule has 0 radical (unpaired) electrons. The van der Waals surface area contributed by atoms with Gasteiger partial charge in [0.15, 0.2) is 17.5 Å². The van der Waals surface area contributed by atoms with Crippen molar-refractivity contribution in [3.63, 3.8) is 0 Å². The molecule has 234 valence electrons. The first kappa shape index (κ1) is 28.6. The van der Waals surface area contributed by atoms with Crippen molar-refractivity contribution in [3.8, 4) is 56.4 Å². The number of para-hydroxylation sites is 1. The Morgan fingerprint density at radius 2 is 1.00 bits per heavy atom. The van der Waals surface area contributed by atoms with E-state index in [4.69, 9.17) is 19.4 Å². The first-order chi connectivity index (χ1) is 24.8. The van der Waals surface area contributed by atoms with E-state index in [1.54, 1.807) is 0 Å². The average Bonchev–Trinajstić information content (AvgIpc) is 3.77. The summed E-state index contributed by atoms with van der Waals surface area (Å²) in [6, 6.07) is 56.8. The average molecular weight is 658 g/mol. The third-order valence-electron chi connectivity index (χ3n) is 9.35. The molecule has 0 fully saturated rings. The Labute approximate surface area is 292 Å². The van der Waals surface area contributed by atoms with Gasteiger partial charge >= 0.3 is 0 Å². The van der Waals surface area contributed by atoms with E-state index in [1.165, 1.54) is 20.2 Å². The summed E-state index contributed by atoms with van der Waals surface area (Å²) in [5, 5.41) is 4.68. The first-order valence-electron chi connectivity index (χ1n) is 16.6. The second-order valence-electron chi connectivity index (χ2n) is 12.4. The van der Waals surface area contributed by atoms with Gasteiger partial charge in [0.25, 0.3) is 0 Å². The number of aromatic nitrogens is 3. The minimum Gasteiger partial charge on any atom is -0.455 e. The van der Waals surface area contributed by atoms with Crippen molar-refractivity contribution in [2.24, 2.45) is 0 Å². The van der Waals surface area contributed by atoms with Crippen LogP contribution in [0.4, 0.5) is 0 Å². The molecule has 10 rings (SSSR count). The number of hydrogen-bond acceptors (Lipinski definition) is 5. The van der Waals surface area contributed by atoms with E-state index in [9.17, 15) is 0 Å². The summed E-state index contributed by atoms with van der Waals surface area (Å²) in [5.41, 5.74) is 8.75. The van der Waals surface area contributed by atoms with Crippen molar-refractivity contribution >= 4 is 53.4 Å². The standard InChI is InChI=1S/C45H27N3OS/c1-3-12-28(13-4-1)30-16-11-17-32(26-30)44-46-43(29-14-5-2-6-15-29)47-45(48-44)37-25-24-33(41-36-19-7-9-20-38(36)49-42(37)41)31-22-23-35-34-18-8-10-21-39(34)50-40(35)27-31/h1-27H. The van der Waals surface area contributed by atoms with Crippen LogP contribution in [0.2, 0.25) is 0 Å². The van der Waals surface area contributed by atoms with Gasteiger partial charge in [-0.15, -0.1) is 11.3 Å². The van der Waals surface area contributed by atoms with Crippen LogP contribution in [0.1, 0.15) is 0 Å². The highest BCUT2D eigenvalue weighted by atomic mass is 32.1. The van der Waals surface area contributed by atoms with Gasteiger partial charge in [-0.25, -0.2) is 15.0 Å². The molecule has 0 saturated heterocycles. The maximum atomic E-state index is 6.71. The van der Waals surface area contributed by atoms with Crippen molar-refractivity contribution in [1.29, 1.82) is 0 Å². The number of thiophene rings is 1. The molecule has 3 heterocycles. The lowest BCUT2D eigenvalue weighted by atomic mass is 9.96. The summed E-state index contributed by atoms with van der Waals surface area (Å²) in [5.74, 6) is 1.78. The minimum atomic E-state index is 0.564. The van der Waals surface area contributed by atoms with E-state index < -0.39 is 0 Å². The minimum absolute atomic E-state index is 0.564. The number of furan rings is 1. The fourth-order valence-electron chi connectivity index (χ4n) is 6.95. The highest BCUT2D eigenvalue weighted by Crippen LogP contribution is 2.43.